The third-order valence-electron chi connectivity index (χ3n) is 2.32. The van der Waals surface area contributed by atoms with E-state index in [2.05, 4.69) is 5.32 Å². The summed E-state index contributed by atoms with van der Waals surface area (Å²) in [5.41, 5.74) is 6.62. The minimum Gasteiger partial charge on any atom is -0.496 e. The van der Waals surface area contributed by atoms with Crippen molar-refractivity contribution in [3.8, 4) is 5.75 Å². The Morgan fingerprint density at radius 1 is 1.50 bits per heavy atom. The van der Waals surface area contributed by atoms with Crippen molar-refractivity contribution in [2.45, 2.75) is 0 Å². The molecule has 1 aromatic heterocycles. The van der Waals surface area contributed by atoms with Crippen molar-refractivity contribution in [3.63, 3.8) is 0 Å². The first-order chi connectivity index (χ1) is 8.61. The van der Waals surface area contributed by atoms with Crippen molar-refractivity contribution in [3.05, 3.63) is 39.5 Å². The van der Waals surface area contributed by atoms with Gasteiger partial charge in [-0.3, -0.25) is 4.79 Å². The summed E-state index contributed by atoms with van der Waals surface area (Å²) in [6.07, 6.45) is 0. The molecule has 94 valence electrons. The maximum Gasteiger partial charge on any atom is 0.265 e. The summed E-state index contributed by atoms with van der Waals surface area (Å²) < 4.78 is 5.02. The third-order valence-corrected chi connectivity index (χ3v) is 3.54. The van der Waals surface area contributed by atoms with Crippen molar-refractivity contribution in [2.24, 2.45) is 0 Å². The predicted octanol–water partition coefficient (Wildman–Crippen LogP) is 3.24. The Balaban J connectivity index is 2.21. The van der Waals surface area contributed by atoms with Crippen LogP contribution in [0.5, 0.6) is 5.75 Å². The molecule has 0 spiro atoms. The maximum absolute atomic E-state index is 12.0. The standard InChI is InChI=1S/C12H11ClN2O2S/c1-17-7-5-10(18-6-7)12(16)15-11-8(13)3-2-4-9(11)14/h2-6H,14H2,1H3,(H,15,16). The molecule has 0 saturated carbocycles. The van der Waals surface area contributed by atoms with Gasteiger partial charge in [-0.15, -0.1) is 11.3 Å². The molecule has 1 heterocycles. The molecule has 0 atom stereocenters. The molecule has 0 saturated heterocycles. The van der Waals surface area contributed by atoms with Crippen LogP contribution in [0.3, 0.4) is 0 Å². The van der Waals surface area contributed by atoms with Gasteiger partial charge in [0.05, 0.1) is 28.4 Å². The lowest BCUT2D eigenvalue weighted by Crippen LogP contribution is -2.12. The number of ether oxygens (including phenoxy) is 1. The van der Waals surface area contributed by atoms with E-state index in [0.717, 1.165) is 0 Å². The zero-order chi connectivity index (χ0) is 13.1. The Bertz CT molecular complexity index is 563. The van der Waals surface area contributed by atoms with Gasteiger partial charge in [0.2, 0.25) is 0 Å². The number of hydrogen-bond acceptors (Lipinski definition) is 4. The lowest BCUT2D eigenvalue weighted by molar-refractivity contribution is 0.103. The van der Waals surface area contributed by atoms with Crippen LogP contribution in [-0.2, 0) is 0 Å². The number of benzene rings is 1. The van der Waals surface area contributed by atoms with Crippen molar-refractivity contribution in [1.29, 1.82) is 0 Å². The smallest absolute Gasteiger partial charge is 0.265 e. The molecule has 0 aliphatic rings. The molecule has 0 aliphatic carbocycles. The zero-order valence-electron chi connectivity index (χ0n) is 9.57. The van der Waals surface area contributed by atoms with E-state index in [9.17, 15) is 4.79 Å². The van der Waals surface area contributed by atoms with E-state index < -0.39 is 0 Å². The highest BCUT2D eigenvalue weighted by Crippen LogP contribution is 2.29. The molecule has 3 N–H and O–H groups in total. The molecular formula is C12H11ClN2O2S. The van der Waals surface area contributed by atoms with Crippen LogP contribution in [0.4, 0.5) is 11.4 Å². The van der Waals surface area contributed by atoms with Crippen LogP contribution in [0.15, 0.2) is 29.6 Å². The van der Waals surface area contributed by atoms with Gasteiger partial charge < -0.3 is 15.8 Å². The number of halogens is 1. The number of methoxy groups -OCH3 is 1. The zero-order valence-corrected chi connectivity index (χ0v) is 11.1. The van der Waals surface area contributed by atoms with Crippen molar-refractivity contribution >= 4 is 40.2 Å². The Morgan fingerprint density at radius 2 is 2.28 bits per heavy atom. The van der Waals surface area contributed by atoms with Crippen molar-refractivity contribution in [2.75, 3.05) is 18.2 Å². The summed E-state index contributed by atoms with van der Waals surface area (Å²) in [4.78, 5) is 12.5. The Morgan fingerprint density at radius 3 is 2.89 bits per heavy atom. The second-order valence-electron chi connectivity index (χ2n) is 3.51. The number of nitrogens with one attached hydrogen (secondary N) is 1. The number of amides is 1. The van der Waals surface area contributed by atoms with Gasteiger partial charge in [0.15, 0.2) is 0 Å². The minimum atomic E-state index is -0.261. The number of hydrogen-bond donors (Lipinski definition) is 2. The van der Waals surface area contributed by atoms with Gasteiger partial charge in [0.25, 0.3) is 5.91 Å². The fraction of sp³-hybridized carbons (Fsp3) is 0.0833. The van der Waals surface area contributed by atoms with Gasteiger partial charge in [0.1, 0.15) is 5.75 Å². The van der Waals surface area contributed by atoms with Gasteiger partial charge in [0, 0.05) is 11.4 Å². The molecule has 6 heteroatoms. The normalized spacial score (nSPS) is 10.1. The number of carbonyl (C=O) groups is 1. The monoisotopic (exact) mass is 282 g/mol. The van der Waals surface area contributed by atoms with Crippen LogP contribution in [0.2, 0.25) is 5.02 Å². The molecule has 0 aliphatic heterocycles. The highest BCUT2D eigenvalue weighted by Gasteiger charge is 2.13. The van der Waals surface area contributed by atoms with E-state index in [1.807, 2.05) is 0 Å². The second-order valence-corrected chi connectivity index (χ2v) is 4.83. The van der Waals surface area contributed by atoms with E-state index in [1.54, 1.807) is 36.8 Å². The molecule has 2 rings (SSSR count). The Hall–Kier alpha value is -1.72. The SMILES string of the molecule is COc1csc(C(=O)Nc2c(N)cccc2Cl)c1. The van der Waals surface area contributed by atoms with E-state index in [0.29, 0.717) is 27.0 Å². The number of nitrogens with two attached hydrogens (primary N) is 1. The lowest BCUT2D eigenvalue weighted by atomic mass is 10.2. The first-order valence-corrected chi connectivity index (χ1v) is 6.35. The minimum absolute atomic E-state index is 0.261. The first kappa shape index (κ1) is 12.7. The van der Waals surface area contributed by atoms with Crippen LogP contribution in [0.1, 0.15) is 9.67 Å². The Labute approximate surface area is 113 Å². The molecule has 1 aromatic carbocycles. The average molecular weight is 283 g/mol. The van der Waals surface area contributed by atoms with Gasteiger partial charge in [-0.05, 0) is 12.1 Å². The van der Waals surface area contributed by atoms with Crippen LogP contribution in [0.25, 0.3) is 0 Å². The number of thiophene rings is 1. The van der Waals surface area contributed by atoms with Gasteiger partial charge >= 0.3 is 0 Å². The highest BCUT2D eigenvalue weighted by atomic mass is 35.5. The highest BCUT2D eigenvalue weighted by molar-refractivity contribution is 7.12. The summed E-state index contributed by atoms with van der Waals surface area (Å²) >= 11 is 7.27. The third kappa shape index (κ3) is 2.57. The van der Waals surface area contributed by atoms with Crippen molar-refractivity contribution in [1.82, 2.24) is 0 Å². The van der Waals surface area contributed by atoms with E-state index in [4.69, 9.17) is 22.1 Å². The lowest BCUT2D eigenvalue weighted by Gasteiger charge is -2.08. The number of nitrogen functional groups attached to an aromatic ring is 1. The molecule has 2 aromatic rings. The summed E-state index contributed by atoms with van der Waals surface area (Å²) in [5, 5.41) is 4.86. The Kier molecular flexibility index (Phi) is 3.74. The molecule has 0 fully saturated rings. The quantitative estimate of drug-likeness (QED) is 0.850. The topological polar surface area (TPSA) is 64.3 Å². The van der Waals surface area contributed by atoms with Crippen molar-refractivity contribution < 1.29 is 9.53 Å². The first-order valence-electron chi connectivity index (χ1n) is 5.09. The molecule has 0 radical (unpaired) electrons. The molecule has 18 heavy (non-hydrogen) atoms. The molecular weight excluding hydrogens is 272 g/mol. The van der Waals surface area contributed by atoms with Gasteiger partial charge in [-0.1, -0.05) is 17.7 Å². The summed E-state index contributed by atoms with van der Waals surface area (Å²) in [6.45, 7) is 0. The number of anilines is 2. The fourth-order valence-corrected chi connectivity index (χ4v) is 2.37. The second kappa shape index (κ2) is 5.29. The summed E-state index contributed by atoms with van der Waals surface area (Å²) in [6, 6.07) is 6.73. The number of para-hydroxylation sites is 1. The average Bonchev–Trinajstić information content (AvgIpc) is 2.82. The van der Waals surface area contributed by atoms with Crippen LogP contribution in [0, 0.1) is 0 Å². The van der Waals surface area contributed by atoms with Crippen LogP contribution in [-0.4, -0.2) is 13.0 Å². The fourth-order valence-electron chi connectivity index (χ4n) is 1.39. The van der Waals surface area contributed by atoms with Crippen LogP contribution < -0.4 is 15.8 Å². The molecule has 0 unspecified atom stereocenters. The number of rotatable bonds is 3. The molecule has 1 amide bonds. The van der Waals surface area contributed by atoms with Gasteiger partial charge in [-0.2, -0.15) is 0 Å². The maximum atomic E-state index is 12.0. The molecule has 0 bridgehead atoms. The van der Waals surface area contributed by atoms with Crippen LogP contribution >= 0.6 is 22.9 Å². The van der Waals surface area contributed by atoms with Gasteiger partial charge in [-0.25, -0.2) is 0 Å². The summed E-state index contributed by atoms with van der Waals surface area (Å²) in [5.74, 6) is 0.389. The predicted molar refractivity (Wildman–Crippen MR) is 74.7 cm³/mol. The number of carbonyl (C=O) groups excluding carboxylic acids is 1. The van der Waals surface area contributed by atoms with E-state index in [-0.39, 0.29) is 5.91 Å². The van der Waals surface area contributed by atoms with E-state index >= 15 is 0 Å². The van der Waals surface area contributed by atoms with E-state index in [1.165, 1.54) is 11.3 Å². The molecule has 4 nitrogen and oxygen atoms in total. The summed E-state index contributed by atoms with van der Waals surface area (Å²) in [7, 11) is 1.55. The largest absolute Gasteiger partial charge is 0.496 e.